The van der Waals surface area contributed by atoms with Crippen LogP contribution in [0.25, 0.3) is 11.4 Å². The van der Waals surface area contributed by atoms with Gasteiger partial charge in [-0.15, -0.1) is 0 Å². The molecule has 148 valence electrons. The van der Waals surface area contributed by atoms with Gasteiger partial charge >= 0.3 is 12.0 Å². The Morgan fingerprint density at radius 3 is 2.62 bits per heavy atom. The Kier molecular flexibility index (Phi) is 5.79. The molecule has 10 heteroatoms. The standard InChI is InChI=1S/C19H15ClN4O5/c20-12-5-1-3-10(7-12)9-21-19(29)22-13-6-2-4-11(8-13)16-23-14(18(27)28)15(25)17(26)24-16/h1-8,25H,9H2,(H,27,28)(H2,21,22,29)(H,23,24,26). The number of benzene rings is 2. The van der Waals surface area contributed by atoms with E-state index in [4.69, 9.17) is 16.7 Å². The molecule has 0 atom stereocenters. The van der Waals surface area contributed by atoms with Crippen molar-refractivity contribution in [3.8, 4) is 17.1 Å². The van der Waals surface area contributed by atoms with Crippen molar-refractivity contribution in [2.45, 2.75) is 6.54 Å². The number of hydrogen-bond acceptors (Lipinski definition) is 5. The van der Waals surface area contributed by atoms with E-state index in [1.54, 1.807) is 36.4 Å². The number of anilines is 1. The number of halogens is 1. The van der Waals surface area contributed by atoms with Crippen molar-refractivity contribution in [2.24, 2.45) is 0 Å². The van der Waals surface area contributed by atoms with E-state index in [9.17, 15) is 19.5 Å². The van der Waals surface area contributed by atoms with Crippen LogP contribution < -0.4 is 16.2 Å². The first kappa shape index (κ1) is 19.9. The van der Waals surface area contributed by atoms with Gasteiger partial charge in [0.05, 0.1) is 0 Å². The normalized spacial score (nSPS) is 10.4. The number of carbonyl (C=O) groups excluding carboxylic acids is 1. The Hall–Kier alpha value is -3.85. The Bertz CT molecular complexity index is 1150. The van der Waals surface area contributed by atoms with Crippen LogP contribution in [0.4, 0.5) is 10.5 Å². The minimum Gasteiger partial charge on any atom is -0.501 e. The molecule has 0 saturated heterocycles. The third kappa shape index (κ3) is 4.90. The van der Waals surface area contributed by atoms with E-state index in [0.717, 1.165) is 5.56 Å². The van der Waals surface area contributed by atoms with Crippen LogP contribution in [0.2, 0.25) is 5.02 Å². The quantitative estimate of drug-likeness (QED) is 0.434. The Morgan fingerprint density at radius 2 is 1.90 bits per heavy atom. The van der Waals surface area contributed by atoms with Gasteiger partial charge in [0.1, 0.15) is 5.82 Å². The molecule has 2 amide bonds. The lowest BCUT2D eigenvalue weighted by Gasteiger charge is -2.10. The highest BCUT2D eigenvalue weighted by Crippen LogP contribution is 2.20. The van der Waals surface area contributed by atoms with E-state index < -0.39 is 29.0 Å². The maximum Gasteiger partial charge on any atom is 0.358 e. The first-order valence-electron chi connectivity index (χ1n) is 8.30. The Balaban J connectivity index is 1.75. The van der Waals surface area contributed by atoms with Gasteiger partial charge in [0.2, 0.25) is 5.75 Å². The van der Waals surface area contributed by atoms with Crippen LogP contribution in [0, 0.1) is 0 Å². The molecule has 5 N–H and O–H groups in total. The Morgan fingerprint density at radius 1 is 1.14 bits per heavy atom. The summed E-state index contributed by atoms with van der Waals surface area (Å²) in [5, 5.41) is 24.5. The second-order valence-electron chi connectivity index (χ2n) is 5.94. The van der Waals surface area contributed by atoms with Crippen LogP contribution in [0.3, 0.4) is 0 Å². The second-order valence-corrected chi connectivity index (χ2v) is 6.37. The minimum atomic E-state index is -1.54. The van der Waals surface area contributed by atoms with Crippen LogP contribution in [-0.2, 0) is 6.54 Å². The lowest BCUT2D eigenvalue weighted by molar-refractivity contribution is 0.0686. The van der Waals surface area contributed by atoms with Gasteiger partial charge in [0.15, 0.2) is 5.69 Å². The molecule has 0 spiro atoms. The summed E-state index contributed by atoms with van der Waals surface area (Å²) in [5.41, 5.74) is -0.184. The van der Waals surface area contributed by atoms with Crippen molar-refractivity contribution in [1.29, 1.82) is 0 Å². The van der Waals surface area contributed by atoms with E-state index in [1.807, 2.05) is 6.07 Å². The number of H-pyrrole nitrogens is 1. The number of nitrogens with zero attached hydrogens (tertiary/aromatic N) is 1. The first-order chi connectivity index (χ1) is 13.8. The molecule has 0 radical (unpaired) electrons. The molecular weight excluding hydrogens is 400 g/mol. The van der Waals surface area contributed by atoms with Crippen molar-refractivity contribution in [3.63, 3.8) is 0 Å². The molecule has 0 fully saturated rings. The minimum absolute atomic E-state index is 0.0619. The van der Waals surface area contributed by atoms with Crippen molar-refractivity contribution in [3.05, 3.63) is 75.2 Å². The summed E-state index contributed by atoms with van der Waals surface area (Å²) in [5.74, 6) is -2.58. The van der Waals surface area contributed by atoms with Gasteiger partial charge < -0.3 is 25.8 Å². The molecule has 1 aromatic heterocycles. The highest BCUT2D eigenvalue weighted by molar-refractivity contribution is 6.30. The Labute approximate surface area is 169 Å². The topological polar surface area (TPSA) is 144 Å². The fourth-order valence-electron chi connectivity index (χ4n) is 2.50. The van der Waals surface area contributed by atoms with E-state index in [1.165, 1.54) is 6.07 Å². The molecule has 9 nitrogen and oxygen atoms in total. The van der Waals surface area contributed by atoms with Gasteiger partial charge in [-0.2, -0.15) is 0 Å². The van der Waals surface area contributed by atoms with Crippen LogP contribution in [0.5, 0.6) is 5.75 Å². The van der Waals surface area contributed by atoms with Gasteiger partial charge in [0.25, 0.3) is 5.56 Å². The number of hydrogen-bond donors (Lipinski definition) is 5. The second kappa shape index (κ2) is 8.44. The molecule has 29 heavy (non-hydrogen) atoms. The number of aromatic hydroxyl groups is 1. The summed E-state index contributed by atoms with van der Waals surface area (Å²) < 4.78 is 0. The molecule has 0 bridgehead atoms. The number of urea groups is 1. The van der Waals surface area contributed by atoms with Crippen molar-refractivity contribution in [2.75, 3.05) is 5.32 Å². The summed E-state index contributed by atoms with van der Waals surface area (Å²) in [6.07, 6.45) is 0. The predicted octanol–water partition coefficient (Wildman–Crippen LogP) is 2.82. The van der Waals surface area contributed by atoms with Crippen LogP contribution in [0.15, 0.2) is 53.3 Å². The third-order valence-electron chi connectivity index (χ3n) is 3.83. The zero-order valence-electron chi connectivity index (χ0n) is 14.8. The number of carboxylic acids is 1. The molecule has 0 saturated carbocycles. The van der Waals surface area contributed by atoms with Gasteiger partial charge in [-0.05, 0) is 29.8 Å². The predicted molar refractivity (Wildman–Crippen MR) is 106 cm³/mol. The smallest absolute Gasteiger partial charge is 0.358 e. The largest absolute Gasteiger partial charge is 0.501 e. The summed E-state index contributed by atoms with van der Waals surface area (Å²) in [4.78, 5) is 41.1. The third-order valence-corrected chi connectivity index (χ3v) is 4.07. The number of amides is 2. The van der Waals surface area contributed by atoms with E-state index in [0.29, 0.717) is 16.3 Å². The molecular formula is C19H15ClN4O5. The molecule has 0 aliphatic heterocycles. The number of carboxylic acid groups (broad SMARTS) is 1. The number of nitrogens with one attached hydrogen (secondary N) is 3. The van der Waals surface area contributed by atoms with Crippen molar-refractivity contribution in [1.82, 2.24) is 15.3 Å². The SMILES string of the molecule is O=C(NCc1cccc(Cl)c1)Nc1cccc(-c2nc(C(=O)O)c(O)c(=O)[nH]2)c1. The molecule has 0 aliphatic carbocycles. The van der Waals surface area contributed by atoms with Crippen molar-refractivity contribution >= 4 is 29.3 Å². The van der Waals surface area contributed by atoms with Crippen LogP contribution in [-0.4, -0.2) is 32.2 Å². The number of aromatic amines is 1. The average Bonchev–Trinajstić information content (AvgIpc) is 2.68. The maximum absolute atomic E-state index is 12.1. The van der Waals surface area contributed by atoms with Gasteiger partial charge in [-0.1, -0.05) is 35.9 Å². The van der Waals surface area contributed by atoms with Crippen molar-refractivity contribution < 1.29 is 19.8 Å². The summed E-state index contributed by atoms with van der Waals surface area (Å²) in [6.45, 7) is 0.265. The zero-order valence-corrected chi connectivity index (χ0v) is 15.5. The van der Waals surface area contributed by atoms with Gasteiger partial charge in [-0.3, -0.25) is 4.79 Å². The molecule has 0 aliphatic rings. The fourth-order valence-corrected chi connectivity index (χ4v) is 2.71. The first-order valence-corrected chi connectivity index (χ1v) is 8.67. The monoisotopic (exact) mass is 414 g/mol. The lowest BCUT2D eigenvalue weighted by Crippen LogP contribution is -2.28. The maximum atomic E-state index is 12.1. The van der Waals surface area contributed by atoms with E-state index in [2.05, 4.69) is 20.6 Å². The molecule has 2 aromatic carbocycles. The average molecular weight is 415 g/mol. The zero-order chi connectivity index (χ0) is 21.0. The molecule has 3 aromatic rings. The van der Waals surface area contributed by atoms with E-state index >= 15 is 0 Å². The highest BCUT2D eigenvalue weighted by Gasteiger charge is 2.17. The lowest BCUT2D eigenvalue weighted by atomic mass is 10.2. The highest BCUT2D eigenvalue weighted by atomic mass is 35.5. The van der Waals surface area contributed by atoms with E-state index in [-0.39, 0.29) is 12.4 Å². The van der Waals surface area contributed by atoms with Crippen LogP contribution in [0.1, 0.15) is 16.1 Å². The van der Waals surface area contributed by atoms with Crippen LogP contribution >= 0.6 is 11.6 Å². The molecule has 3 rings (SSSR count). The van der Waals surface area contributed by atoms with Gasteiger partial charge in [0, 0.05) is 22.8 Å². The fraction of sp³-hybridized carbons (Fsp3) is 0.0526. The summed E-state index contributed by atoms with van der Waals surface area (Å²) in [7, 11) is 0. The summed E-state index contributed by atoms with van der Waals surface area (Å²) >= 11 is 5.91. The number of aromatic carboxylic acids is 1. The number of carbonyl (C=O) groups is 2. The molecule has 0 unspecified atom stereocenters. The molecule has 1 heterocycles. The number of rotatable bonds is 5. The van der Waals surface area contributed by atoms with Gasteiger partial charge in [-0.25, -0.2) is 14.6 Å². The number of aromatic nitrogens is 2. The summed E-state index contributed by atoms with van der Waals surface area (Å²) in [6, 6.07) is 12.9.